The van der Waals surface area contributed by atoms with Gasteiger partial charge in [0.2, 0.25) is 0 Å². The maximum atomic E-state index is 5.56. The van der Waals surface area contributed by atoms with Gasteiger partial charge in [-0.15, -0.1) is 0 Å². The molecule has 0 spiro atoms. The first-order valence-corrected chi connectivity index (χ1v) is 7.35. The molecule has 2 rings (SSSR count). The Hall–Kier alpha value is -1.62. The fraction of sp³-hybridized carbons (Fsp3) is 0.600. The van der Waals surface area contributed by atoms with Crippen LogP contribution in [0.3, 0.4) is 0 Å². The molecule has 0 aliphatic rings. The number of aromatic nitrogens is 3. The molecular formula is C15H24N4O. The minimum absolute atomic E-state index is 0.218. The fourth-order valence-electron chi connectivity index (χ4n) is 2.52. The van der Waals surface area contributed by atoms with Crippen LogP contribution in [0.5, 0.6) is 0 Å². The van der Waals surface area contributed by atoms with E-state index in [1.165, 1.54) is 5.56 Å². The van der Waals surface area contributed by atoms with Gasteiger partial charge in [-0.05, 0) is 26.5 Å². The molecule has 2 aromatic heterocycles. The molecule has 0 saturated heterocycles. The lowest BCUT2D eigenvalue weighted by molar-refractivity contribution is 0.456. The molecular weight excluding hydrogens is 252 g/mol. The van der Waals surface area contributed by atoms with Crippen LogP contribution in [0.15, 0.2) is 23.1 Å². The predicted molar refractivity (Wildman–Crippen MR) is 78.6 cm³/mol. The van der Waals surface area contributed by atoms with E-state index >= 15 is 0 Å². The summed E-state index contributed by atoms with van der Waals surface area (Å²) >= 11 is 0. The maximum Gasteiger partial charge on any atom is 0.138 e. The molecule has 2 aromatic rings. The van der Waals surface area contributed by atoms with Gasteiger partial charge in [-0.25, -0.2) is 9.67 Å². The standard InChI is InChI=1S/C15H24N4O/c1-5-14-12(7-8-20-14)13(16-6-2)9-15-17-10-18-19(15)11(3)4/h7-8,10-11,13,16H,5-6,9H2,1-4H3. The normalized spacial score (nSPS) is 13.1. The van der Waals surface area contributed by atoms with Gasteiger partial charge in [0.05, 0.1) is 6.26 Å². The molecule has 110 valence electrons. The van der Waals surface area contributed by atoms with E-state index in [9.17, 15) is 0 Å². The molecule has 20 heavy (non-hydrogen) atoms. The highest BCUT2D eigenvalue weighted by atomic mass is 16.3. The number of nitrogens with zero attached hydrogens (tertiary/aromatic N) is 3. The van der Waals surface area contributed by atoms with Crippen LogP contribution in [-0.4, -0.2) is 21.3 Å². The smallest absolute Gasteiger partial charge is 0.138 e. The molecule has 1 unspecified atom stereocenters. The van der Waals surface area contributed by atoms with Crippen molar-refractivity contribution >= 4 is 0 Å². The highest BCUT2D eigenvalue weighted by Crippen LogP contribution is 2.23. The minimum atomic E-state index is 0.218. The van der Waals surface area contributed by atoms with Gasteiger partial charge in [0.25, 0.3) is 0 Å². The van der Waals surface area contributed by atoms with Gasteiger partial charge in [0.1, 0.15) is 17.9 Å². The summed E-state index contributed by atoms with van der Waals surface area (Å²) in [5.74, 6) is 2.06. The molecule has 5 heteroatoms. The van der Waals surface area contributed by atoms with Crippen molar-refractivity contribution in [2.75, 3.05) is 6.54 Å². The summed E-state index contributed by atoms with van der Waals surface area (Å²) in [7, 11) is 0. The van der Waals surface area contributed by atoms with E-state index in [1.807, 2.05) is 4.68 Å². The van der Waals surface area contributed by atoms with Crippen molar-refractivity contribution in [1.29, 1.82) is 0 Å². The van der Waals surface area contributed by atoms with Crippen LogP contribution in [0.1, 0.15) is 56.9 Å². The van der Waals surface area contributed by atoms with Gasteiger partial charge in [-0.2, -0.15) is 5.10 Å². The number of rotatable bonds is 7. The Labute approximate surface area is 120 Å². The highest BCUT2D eigenvalue weighted by Gasteiger charge is 2.20. The molecule has 1 N–H and O–H groups in total. The lowest BCUT2D eigenvalue weighted by atomic mass is 10.0. The van der Waals surface area contributed by atoms with E-state index in [4.69, 9.17) is 4.42 Å². The Morgan fingerprint density at radius 2 is 2.15 bits per heavy atom. The van der Waals surface area contributed by atoms with Gasteiger partial charge in [0, 0.05) is 30.5 Å². The van der Waals surface area contributed by atoms with E-state index in [2.05, 4.69) is 49.2 Å². The summed E-state index contributed by atoms with van der Waals surface area (Å²) in [5.41, 5.74) is 1.23. The SMILES string of the molecule is CCNC(Cc1ncnn1C(C)C)c1ccoc1CC. The summed E-state index contributed by atoms with van der Waals surface area (Å²) in [5, 5.41) is 7.83. The Morgan fingerprint density at radius 3 is 2.80 bits per heavy atom. The number of nitrogens with one attached hydrogen (secondary N) is 1. The molecule has 0 amide bonds. The molecule has 0 aliphatic carbocycles. The van der Waals surface area contributed by atoms with Gasteiger partial charge in [0.15, 0.2) is 0 Å². The monoisotopic (exact) mass is 276 g/mol. The largest absolute Gasteiger partial charge is 0.469 e. The van der Waals surface area contributed by atoms with Crippen molar-refractivity contribution in [2.45, 2.75) is 52.6 Å². The van der Waals surface area contributed by atoms with E-state index in [-0.39, 0.29) is 6.04 Å². The van der Waals surface area contributed by atoms with Crippen LogP contribution in [0.25, 0.3) is 0 Å². The van der Waals surface area contributed by atoms with Crippen molar-refractivity contribution in [1.82, 2.24) is 20.1 Å². The van der Waals surface area contributed by atoms with Crippen molar-refractivity contribution in [3.63, 3.8) is 0 Å². The average Bonchev–Trinajstić information content (AvgIpc) is 3.06. The van der Waals surface area contributed by atoms with Crippen LogP contribution in [-0.2, 0) is 12.8 Å². The van der Waals surface area contributed by atoms with Gasteiger partial charge >= 0.3 is 0 Å². The third-order valence-corrected chi connectivity index (χ3v) is 3.45. The van der Waals surface area contributed by atoms with Crippen molar-refractivity contribution < 1.29 is 4.42 Å². The number of hydrogen-bond donors (Lipinski definition) is 1. The Morgan fingerprint density at radius 1 is 1.35 bits per heavy atom. The zero-order valence-electron chi connectivity index (χ0n) is 12.8. The first kappa shape index (κ1) is 14.8. The van der Waals surface area contributed by atoms with E-state index < -0.39 is 0 Å². The molecule has 1 atom stereocenters. The zero-order valence-corrected chi connectivity index (χ0v) is 12.8. The van der Waals surface area contributed by atoms with Crippen LogP contribution < -0.4 is 5.32 Å². The van der Waals surface area contributed by atoms with Crippen LogP contribution in [0.4, 0.5) is 0 Å². The molecule has 2 heterocycles. The van der Waals surface area contributed by atoms with E-state index in [0.717, 1.165) is 31.0 Å². The molecule has 0 radical (unpaired) electrons. The number of likely N-dealkylation sites (N-methyl/N-ethyl adjacent to an activating group) is 1. The fourth-order valence-corrected chi connectivity index (χ4v) is 2.52. The minimum Gasteiger partial charge on any atom is -0.469 e. The predicted octanol–water partition coefficient (Wildman–Crippen LogP) is 2.91. The molecule has 0 bridgehead atoms. The quantitative estimate of drug-likeness (QED) is 0.845. The third kappa shape index (κ3) is 3.10. The van der Waals surface area contributed by atoms with Crippen LogP contribution >= 0.6 is 0 Å². The summed E-state index contributed by atoms with van der Waals surface area (Å²) in [6.45, 7) is 9.38. The molecule has 0 aliphatic heterocycles. The summed E-state index contributed by atoms with van der Waals surface area (Å²) in [6.07, 6.45) is 5.12. The number of hydrogen-bond acceptors (Lipinski definition) is 4. The molecule has 0 fully saturated rings. The molecule has 0 saturated carbocycles. The topological polar surface area (TPSA) is 55.9 Å². The first-order valence-electron chi connectivity index (χ1n) is 7.35. The van der Waals surface area contributed by atoms with Crippen molar-refractivity contribution in [3.8, 4) is 0 Å². The lowest BCUT2D eigenvalue weighted by Gasteiger charge is -2.18. The average molecular weight is 276 g/mol. The van der Waals surface area contributed by atoms with Crippen LogP contribution in [0.2, 0.25) is 0 Å². The summed E-state index contributed by atoms with van der Waals surface area (Å²) in [6, 6.07) is 2.60. The Bertz CT molecular complexity index is 529. The summed E-state index contributed by atoms with van der Waals surface area (Å²) in [4.78, 5) is 4.41. The Kier molecular flexibility index (Phi) is 4.95. The van der Waals surface area contributed by atoms with Crippen molar-refractivity contribution in [3.05, 3.63) is 35.8 Å². The lowest BCUT2D eigenvalue weighted by Crippen LogP contribution is -2.25. The third-order valence-electron chi connectivity index (χ3n) is 3.45. The second-order valence-corrected chi connectivity index (χ2v) is 5.18. The van der Waals surface area contributed by atoms with Gasteiger partial charge in [-0.3, -0.25) is 0 Å². The zero-order chi connectivity index (χ0) is 14.5. The van der Waals surface area contributed by atoms with Crippen molar-refractivity contribution in [2.24, 2.45) is 0 Å². The van der Waals surface area contributed by atoms with E-state index in [0.29, 0.717) is 6.04 Å². The van der Waals surface area contributed by atoms with Crippen LogP contribution in [0, 0.1) is 0 Å². The van der Waals surface area contributed by atoms with Gasteiger partial charge in [-0.1, -0.05) is 13.8 Å². The van der Waals surface area contributed by atoms with E-state index in [1.54, 1.807) is 12.6 Å². The maximum absolute atomic E-state index is 5.56. The molecule has 0 aromatic carbocycles. The second kappa shape index (κ2) is 6.70. The highest BCUT2D eigenvalue weighted by molar-refractivity contribution is 5.22. The number of furan rings is 1. The number of aryl methyl sites for hydroxylation is 1. The molecule has 5 nitrogen and oxygen atoms in total. The summed E-state index contributed by atoms with van der Waals surface area (Å²) < 4.78 is 7.54. The first-order chi connectivity index (χ1) is 9.67. The van der Waals surface area contributed by atoms with Gasteiger partial charge < -0.3 is 9.73 Å². The second-order valence-electron chi connectivity index (χ2n) is 5.18. The Balaban J connectivity index is 2.23.